The molecule has 0 aliphatic rings. The summed E-state index contributed by atoms with van der Waals surface area (Å²) < 4.78 is 37.7. The molecule has 0 spiro atoms. The number of fused-ring (bicyclic) bond motifs is 1. The molecule has 102 valence electrons. The van der Waals surface area contributed by atoms with Crippen LogP contribution in [0.25, 0.3) is 10.9 Å². The van der Waals surface area contributed by atoms with Crippen molar-refractivity contribution < 1.29 is 27.9 Å². The Kier molecular flexibility index (Phi) is 2.97. The van der Waals surface area contributed by atoms with Crippen LogP contribution in [0.15, 0.2) is 24.3 Å². The molecule has 2 aromatic rings. The first-order valence-electron chi connectivity index (χ1n) is 4.99. The summed E-state index contributed by atoms with van der Waals surface area (Å²) in [7, 11) is -5.62. The maximum Gasteiger partial charge on any atom is 0.399 e. The SMILES string of the molecule is NC(=O)c1cc2cc(C(F)(F)P(=O)(O)O)ccc2[nH]1. The highest BCUT2D eigenvalue weighted by atomic mass is 31.2. The van der Waals surface area contributed by atoms with Crippen molar-refractivity contribution in [2.24, 2.45) is 5.73 Å². The van der Waals surface area contributed by atoms with Crippen molar-refractivity contribution in [2.75, 3.05) is 0 Å². The Labute approximate surface area is 105 Å². The fraction of sp³-hybridized carbons (Fsp3) is 0.100. The molecule has 0 unspecified atom stereocenters. The first-order chi connectivity index (χ1) is 8.63. The summed E-state index contributed by atoms with van der Waals surface area (Å²) in [5.41, 5.74) is 0.292. The zero-order valence-electron chi connectivity index (χ0n) is 9.30. The molecule has 0 aliphatic heterocycles. The van der Waals surface area contributed by atoms with Gasteiger partial charge in [-0.2, -0.15) is 8.78 Å². The van der Waals surface area contributed by atoms with Gasteiger partial charge in [0.05, 0.1) is 0 Å². The van der Waals surface area contributed by atoms with Gasteiger partial charge in [-0.05, 0) is 18.2 Å². The molecule has 0 atom stereocenters. The molecule has 1 amide bonds. The van der Waals surface area contributed by atoms with Gasteiger partial charge in [0.1, 0.15) is 5.69 Å². The number of alkyl halides is 2. The molecule has 1 aromatic carbocycles. The van der Waals surface area contributed by atoms with Crippen LogP contribution < -0.4 is 5.73 Å². The van der Waals surface area contributed by atoms with E-state index in [1.54, 1.807) is 0 Å². The molecule has 6 nitrogen and oxygen atoms in total. The normalized spacial score (nSPS) is 12.8. The second kappa shape index (κ2) is 4.12. The summed E-state index contributed by atoms with van der Waals surface area (Å²) >= 11 is 0. The van der Waals surface area contributed by atoms with Crippen LogP contribution in [0.2, 0.25) is 0 Å². The number of primary amides is 1. The predicted octanol–water partition coefficient (Wildman–Crippen LogP) is 1.49. The van der Waals surface area contributed by atoms with Gasteiger partial charge in [0.25, 0.3) is 5.91 Å². The van der Waals surface area contributed by atoms with Gasteiger partial charge < -0.3 is 20.5 Å². The van der Waals surface area contributed by atoms with Crippen molar-refractivity contribution >= 4 is 24.4 Å². The van der Waals surface area contributed by atoms with E-state index < -0.39 is 24.7 Å². The zero-order valence-corrected chi connectivity index (χ0v) is 10.2. The molecule has 0 saturated heterocycles. The number of rotatable bonds is 3. The Morgan fingerprint density at radius 1 is 1.32 bits per heavy atom. The van der Waals surface area contributed by atoms with Crippen molar-refractivity contribution in [3.8, 4) is 0 Å². The molecule has 1 heterocycles. The fourth-order valence-electron chi connectivity index (χ4n) is 1.62. The Hall–Kier alpha value is -1.76. The number of carbonyl (C=O) groups is 1. The van der Waals surface area contributed by atoms with Crippen LogP contribution in [0.3, 0.4) is 0 Å². The lowest BCUT2D eigenvalue weighted by molar-refractivity contribution is 0.0566. The summed E-state index contributed by atoms with van der Waals surface area (Å²) in [5.74, 6) is -0.764. The molecule has 19 heavy (non-hydrogen) atoms. The van der Waals surface area contributed by atoms with Gasteiger partial charge in [0.2, 0.25) is 0 Å². The molecule has 2 rings (SSSR count). The molecule has 0 aliphatic carbocycles. The minimum atomic E-state index is -5.62. The first-order valence-corrected chi connectivity index (χ1v) is 6.60. The maximum absolute atomic E-state index is 13.5. The van der Waals surface area contributed by atoms with Crippen molar-refractivity contribution in [1.82, 2.24) is 4.98 Å². The van der Waals surface area contributed by atoms with E-state index in [-0.39, 0.29) is 11.1 Å². The van der Waals surface area contributed by atoms with E-state index in [4.69, 9.17) is 15.5 Å². The number of halogens is 2. The van der Waals surface area contributed by atoms with Gasteiger partial charge >= 0.3 is 13.3 Å². The lowest BCUT2D eigenvalue weighted by Gasteiger charge is -2.17. The molecular weight excluding hydrogens is 281 g/mol. The highest BCUT2D eigenvalue weighted by Crippen LogP contribution is 2.59. The van der Waals surface area contributed by atoms with Crippen LogP contribution in [0.5, 0.6) is 0 Å². The van der Waals surface area contributed by atoms with E-state index in [9.17, 15) is 18.1 Å². The van der Waals surface area contributed by atoms with Crippen molar-refractivity contribution in [2.45, 2.75) is 5.66 Å². The number of amides is 1. The summed E-state index contributed by atoms with van der Waals surface area (Å²) in [6.45, 7) is 0. The maximum atomic E-state index is 13.5. The molecule has 9 heteroatoms. The average Bonchev–Trinajstić information content (AvgIpc) is 2.69. The minimum Gasteiger partial charge on any atom is -0.364 e. The van der Waals surface area contributed by atoms with Gasteiger partial charge in [-0.15, -0.1) is 0 Å². The van der Waals surface area contributed by atoms with E-state index in [2.05, 4.69) is 4.98 Å². The topological polar surface area (TPSA) is 116 Å². The monoisotopic (exact) mass is 290 g/mol. The number of hydrogen-bond acceptors (Lipinski definition) is 2. The third-order valence-corrected chi connectivity index (χ3v) is 3.59. The third kappa shape index (κ3) is 2.25. The fourth-order valence-corrected chi connectivity index (χ4v) is 2.10. The number of nitrogens with two attached hydrogens (primary N) is 1. The van der Waals surface area contributed by atoms with Crippen LogP contribution in [-0.2, 0) is 10.2 Å². The number of hydrogen-bond donors (Lipinski definition) is 4. The standard InChI is InChI=1S/C10H9F2N2O4P/c11-10(12,19(16,17)18)6-1-2-7-5(3-6)4-8(14-7)9(13)15/h1-4,14H,(H2,13,15)(H2,16,17,18). The second-order valence-corrected chi connectivity index (χ2v) is 5.58. The van der Waals surface area contributed by atoms with Crippen LogP contribution in [0.4, 0.5) is 8.78 Å². The number of nitrogens with one attached hydrogen (secondary N) is 1. The van der Waals surface area contributed by atoms with E-state index in [0.29, 0.717) is 5.52 Å². The van der Waals surface area contributed by atoms with Gasteiger partial charge in [0.15, 0.2) is 0 Å². The summed E-state index contributed by atoms with van der Waals surface area (Å²) in [6, 6.07) is 4.21. The molecule has 0 bridgehead atoms. The van der Waals surface area contributed by atoms with Gasteiger partial charge in [-0.25, -0.2) is 0 Å². The van der Waals surface area contributed by atoms with Crippen LogP contribution in [0.1, 0.15) is 16.1 Å². The summed E-state index contributed by atoms with van der Waals surface area (Å²) in [4.78, 5) is 30.8. The molecule has 0 radical (unpaired) electrons. The Balaban J connectivity index is 2.59. The third-order valence-electron chi connectivity index (χ3n) is 2.60. The number of H-pyrrole nitrogens is 1. The first kappa shape index (κ1) is 13.7. The van der Waals surface area contributed by atoms with Gasteiger partial charge in [-0.3, -0.25) is 9.36 Å². The van der Waals surface area contributed by atoms with Crippen molar-refractivity contribution in [3.05, 3.63) is 35.5 Å². The molecular formula is C10H9F2N2O4P. The minimum absolute atomic E-state index is 0.0200. The number of aromatic amines is 1. The number of carbonyl (C=O) groups excluding carboxylic acids is 1. The highest BCUT2D eigenvalue weighted by molar-refractivity contribution is 7.52. The molecule has 0 saturated carbocycles. The van der Waals surface area contributed by atoms with Crippen LogP contribution in [-0.4, -0.2) is 20.7 Å². The van der Waals surface area contributed by atoms with Crippen LogP contribution in [0, 0.1) is 0 Å². The van der Waals surface area contributed by atoms with Crippen molar-refractivity contribution in [3.63, 3.8) is 0 Å². The summed E-state index contributed by atoms with van der Waals surface area (Å²) in [5, 5.41) is 0.208. The predicted molar refractivity (Wildman–Crippen MR) is 62.8 cm³/mol. The van der Waals surface area contributed by atoms with E-state index in [1.807, 2.05) is 0 Å². The highest BCUT2D eigenvalue weighted by Gasteiger charge is 2.50. The second-order valence-electron chi connectivity index (χ2n) is 3.93. The largest absolute Gasteiger partial charge is 0.399 e. The average molecular weight is 290 g/mol. The Bertz CT molecular complexity index is 707. The Morgan fingerprint density at radius 3 is 2.47 bits per heavy atom. The Morgan fingerprint density at radius 2 is 1.95 bits per heavy atom. The zero-order chi connectivity index (χ0) is 14.4. The smallest absolute Gasteiger partial charge is 0.364 e. The van der Waals surface area contributed by atoms with E-state index >= 15 is 0 Å². The van der Waals surface area contributed by atoms with Crippen molar-refractivity contribution in [1.29, 1.82) is 0 Å². The van der Waals surface area contributed by atoms with E-state index in [1.165, 1.54) is 12.1 Å². The summed E-state index contributed by atoms with van der Waals surface area (Å²) in [6.07, 6.45) is 0. The lowest BCUT2D eigenvalue weighted by Crippen LogP contribution is -2.13. The molecule has 1 aromatic heterocycles. The van der Waals surface area contributed by atoms with Gasteiger partial charge in [-0.1, -0.05) is 6.07 Å². The lowest BCUT2D eigenvalue weighted by atomic mass is 10.1. The van der Waals surface area contributed by atoms with Gasteiger partial charge in [0, 0.05) is 16.5 Å². The van der Waals surface area contributed by atoms with Crippen LogP contribution >= 0.6 is 7.60 Å². The number of aromatic nitrogens is 1. The molecule has 0 fully saturated rings. The quantitative estimate of drug-likeness (QED) is 0.641. The number of benzene rings is 1. The molecule has 5 N–H and O–H groups in total. The van der Waals surface area contributed by atoms with E-state index in [0.717, 1.165) is 12.1 Å².